The van der Waals surface area contributed by atoms with E-state index >= 15 is 0 Å². The monoisotopic (exact) mass is 196 g/mol. The Hall–Kier alpha value is -0.790. The third-order valence-corrected chi connectivity index (χ3v) is 3.06. The first kappa shape index (κ1) is 11.3. The average Bonchev–Trinajstić information content (AvgIpc) is 2.02. The summed E-state index contributed by atoms with van der Waals surface area (Å²) in [5.74, 6) is -0.722. The smallest absolute Gasteiger partial charge is 0.331 e. The molecule has 0 amide bonds. The Labute approximate surface area is 86.0 Å². The van der Waals surface area contributed by atoms with Gasteiger partial charge in [-0.3, -0.25) is 0 Å². The van der Waals surface area contributed by atoms with Crippen LogP contribution in [0, 0.1) is 5.41 Å². The summed E-state index contributed by atoms with van der Waals surface area (Å²) in [5, 5.41) is 9.04. The number of carboxylic acid groups (broad SMARTS) is 1. The molecule has 0 aromatic rings. The lowest BCUT2D eigenvalue weighted by Crippen LogP contribution is -2.19. The zero-order chi connectivity index (χ0) is 10.8. The fourth-order valence-electron chi connectivity index (χ4n) is 2.34. The van der Waals surface area contributed by atoms with Gasteiger partial charge in [-0.1, -0.05) is 26.3 Å². The average molecular weight is 196 g/mol. The van der Waals surface area contributed by atoms with E-state index < -0.39 is 5.97 Å². The van der Waals surface area contributed by atoms with Crippen LogP contribution in [0.15, 0.2) is 11.1 Å². The van der Waals surface area contributed by atoms with Crippen LogP contribution in [0.25, 0.3) is 0 Å². The van der Waals surface area contributed by atoms with Crippen LogP contribution in [0.5, 0.6) is 0 Å². The van der Waals surface area contributed by atoms with Gasteiger partial charge in [0.2, 0.25) is 0 Å². The van der Waals surface area contributed by atoms with Gasteiger partial charge >= 0.3 is 5.97 Å². The minimum atomic E-state index is -0.722. The van der Waals surface area contributed by atoms with Crippen molar-refractivity contribution in [3.05, 3.63) is 11.1 Å². The van der Waals surface area contributed by atoms with Gasteiger partial charge in [0.25, 0.3) is 0 Å². The summed E-state index contributed by atoms with van der Waals surface area (Å²) in [7, 11) is 0. The molecule has 2 nitrogen and oxygen atoms in total. The van der Waals surface area contributed by atoms with E-state index in [1.54, 1.807) is 0 Å². The van der Waals surface area contributed by atoms with E-state index in [0.717, 1.165) is 19.3 Å². The van der Waals surface area contributed by atoms with Gasteiger partial charge in [0.05, 0.1) is 0 Å². The Balaban J connectivity index is 2.89. The SMILES string of the molecule is CC/C(C(=O)O)=C1\CCCC(C)(C)C1. The van der Waals surface area contributed by atoms with E-state index in [1.165, 1.54) is 12.0 Å². The molecule has 0 aromatic carbocycles. The summed E-state index contributed by atoms with van der Waals surface area (Å²) in [6.45, 7) is 6.38. The highest BCUT2D eigenvalue weighted by Gasteiger charge is 2.26. The summed E-state index contributed by atoms with van der Waals surface area (Å²) in [4.78, 5) is 11.0. The van der Waals surface area contributed by atoms with Crippen molar-refractivity contribution in [2.45, 2.75) is 52.9 Å². The number of allylic oxidation sites excluding steroid dienone is 1. The molecule has 2 heteroatoms. The van der Waals surface area contributed by atoms with Crippen LogP contribution in [0.2, 0.25) is 0 Å². The van der Waals surface area contributed by atoms with E-state index in [9.17, 15) is 4.79 Å². The Morgan fingerprint density at radius 3 is 2.57 bits per heavy atom. The zero-order valence-corrected chi connectivity index (χ0v) is 9.39. The second kappa shape index (κ2) is 4.16. The van der Waals surface area contributed by atoms with Gasteiger partial charge in [0.1, 0.15) is 0 Å². The molecule has 1 fully saturated rings. The number of carboxylic acids is 1. The first-order chi connectivity index (χ1) is 6.46. The highest BCUT2D eigenvalue weighted by Crippen LogP contribution is 2.39. The maximum Gasteiger partial charge on any atom is 0.331 e. The highest BCUT2D eigenvalue weighted by atomic mass is 16.4. The van der Waals surface area contributed by atoms with Crippen LogP contribution in [-0.2, 0) is 4.79 Å². The Morgan fingerprint density at radius 1 is 1.50 bits per heavy atom. The van der Waals surface area contributed by atoms with Gasteiger partial charge < -0.3 is 5.11 Å². The number of hydrogen-bond acceptors (Lipinski definition) is 1. The third-order valence-electron chi connectivity index (χ3n) is 3.06. The highest BCUT2D eigenvalue weighted by molar-refractivity contribution is 5.87. The molecule has 1 aliphatic carbocycles. The van der Waals surface area contributed by atoms with Gasteiger partial charge in [-0.25, -0.2) is 4.79 Å². The molecule has 1 rings (SSSR count). The second-order valence-corrected chi connectivity index (χ2v) is 4.94. The molecule has 0 atom stereocenters. The van der Waals surface area contributed by atoms with E-state index in [-0.39, 0.29) is 0 Å². The minimum absolute atomic E-state index is 0.295. The van der Waals surface area contributed by atoms with E-state index in [4.69, 9.17) is 5.11 Å². The summed E-state index contributed by atoms with van der Waals surface area (Å²) >= 11 is 0. The molecule has 0 bridgehead atoms. The molecule has 0 spiro atoms. The summed E-state index contributed by atoms with van der Waals surface area (Å²) in [6, 6.07) is 0. The number of carbonyl (C=O) groups is 1. The topological polar surface area (TPSA) is 37.3 Å². The van der Waals surface area contributed by atoms with Crippen LogP contribution in [0.3, 0.4) is 0 Å². The van der Waals surface area contributed by atoms with Crippen molar-refractivity contribution in [2.24, 2.45) is 5.41 Å². The number of rotatable bonds is 2. The molecule has 0 aliphatic heterocycles. The van der Waals surface area contributed by atoms with Gasteiger partial charge in [0, 0.05) is 5.57 Å². The van der Waals surface area contributed by atoms with Crippen LogP contribution in [0.1, 0.15) is 52.9 Å². The van der Waals surface area contributed by atoms with Gasteiger partial charge in [-0.2, -0.15) is 0 Å². The van der Waals surface area contributed by atoms with Crippen LogP contribution in [-0.4, -0.2) is 11.1 Å². The van der Waals surface area contributed by atoms with Crippen LogP contribution in [0.4, 0.5) is 0 Å². The molecule has 1 aliphatic rings. The fourth-order valence-corrected chi connectivity index (χ4v) is 2.34. The molecular weight excluding hydrogens is 176 g/mol. The lowest BCUT2D eigenvalue weighted by atomic mass is 9.73. The van der Waals surface area contributed by atoms with Crippen molar-refractivity contribution >= 4 is 5.97 Å². The standard InChI is InChI=1S/C12H20O2/c1-4-10(11(13)14)9-6-5-7-12(2,3)8-9/h4-8H2,1-3H3,(H,13,14)/b10-9-. The normalized spacial score (nSPS) is 24.5. The summed E-state index contributed by atoms with van der Waals surface area (Å²) in [5.41, 5.74) is 2.12. The lowest BCUT2D eigenvalue weighted by molar-refractivity contribution is -0.132. The molecule has 14 heavy (non-hydrogen) atoms. The molecule has 0 aromatic heterocycles. The largest absolute Gasteiger partial charge is 0.478 e. The van der Waals surface area contributed by atoms with Gasteiger partial charge in [-0.05, 0) is 37.5 Å². The van der Waals surface area contributed by atoms with E-state index in [1.807, 2.05) is 6.92 Å². The Morgan fingerprint density at radius 2 is 2.14 bits per heavy atom. The van der Waals surface area contributed by atoms with Crippen molar-refractivity contribution in [1.29, 1.82) is 0 Å². The molecule has 0 heterocycles. The van der Waals surface area contributed by atoms with E-state index in [2.05, 4.69) is 13.8 Å². The minimum Gasteiger partial charge on any atom is -0.478 e. The molecule has 0 radical (unpaired) electrons. The molecular formula is C12H20O2. The predicted octanol–water partition coefficient (Wildman–Crippen LogP) is 3.38. The quantitative estimate of drug-likeness (QED) is 0.687. The Kier molecular flexibility index (Phi) is 3.35. The predicted molar refractivity (Wildman–Crippen MR) is 57.2 cm³/mol. The maximum atomic E-state index is 11.0. The zero-order valence-electron chi connectivity index (χ0n) is 9.39. The van der Waals surface area contributed by atoms with Crippen molar-refractivity contribution in [3.63, 3.8) is 0 Å². The second-order valence-electron chi connectivity index (χ2n) is 4.94. The molecule has 0 saturated heterocycles. The third kappa shape index (κ3) is 2.60. The fraction of sp³-hybridized carbons (Fsp3) is 0.750. The summed E-state index contributed by atoms with van der Waals surface area (Å²) in [6.07, 6.45) is 4.95. The number of hydrogen-bond donors (Lipinski definition) is 1. The van der Waals surface area contributed by atoms with Gasteiger partial charge in [-0.15, -0.1) is 0 Å². The first-order valence-corrected chi connectivity index (χ1v) is 5.40. The van der Waals surface area contributed by atoms with Crippen molar-refractivity contribution in [2.75, 3.05) is 0 Å². The van der Waals surface area contributed by atoms with Crippen LogP contribution < -0.4 is 0 Å². The van der Waals surface area contributed by atoms with Crippen molar-refractivity contribution < 1.29 is 9.90 Å². The van der Waals surface area contributed by atoms with Crippen LogP contribution >= 0.6 is 0 Å². The van der Waals surface area contributed by atoms with E-state index in [0.29, 0.717) is 17.4 Å². The lowest BCUT2D eigenvalue weighted by Gasteiger charge is -2.32. The number of aliphatic carboxylic acids is 1. The maximum absolute atomic E-state index is 11.0. The molecule has 0 unspecified atom stereocenters. The molecule has 1 saturated carbocycles. The van der Waals surface area contributed by atoms with Crippen molar-refractivity contribution in [1.82, 2.24) is 0 Å². The molecule has 80 valence electrons. The Bertz CT molecular complexity index is 261. The summed E-state index contributed by atoms with van der Waals surface area (Å²) < 4.78 is 0. The van der Waals surface area contributed by atoms with Crippen molar-refractivity contribution in [3.8, 4) is 0 Å². The first-order valence-electron chi connectivity index (χ1n) is 5.40. The van der Waals surface area contributed by atoms with Gasteiger partial charge in [0.15, 0.2) is 0 Å². The molecule has 1 N–H and O–H groups in total.